The maximum Gasteiger partial charge on any atom is 0.472 e. The Hall–Kier alpha value is -2.33. The van der Waals surface area contributed by atoms with Crippen LogP contribution in [0.15, 0.2) is 60.8 Å². The Morgan fingerprint density at radius 1 is 0.673 bits per heavy atom. The van der Waals surface area contributed by atoms with Crippen molar-refractivity contribution in [3.63, 3.8) is 0 Å². The fourth-order valence-electron chi connectivity index (χ4n) is 5.30. The Morgan fingerprint density at radius 3 is 1.85 bits per heavy atom. The van der Waals surface area contributed by atoms with Gasteiger partial charge in [-0.05, 0) is 44.9 Å². The van der Waals surface area contributed by atoms with Gasteiger partial charge in [0, 0.05) is 12.8 Å². The van der Waals surface area contributed by atoms with Crippen molar-refractivity contribution in [2.75, 3.05) is 47.5 Å². The summed E-state index contributed by atoms with van der Waals surface area (Å²) in [5.41, 5.74) is 0. The van der Waals surface area contributed by atoms with Gasteiger partial charge in [0.1, 0.15) is 19.8 Å². The minimum atomic E-state index is -4.40. The highest BCUT2D eigenvalue weighted by atomic mass is 31.2. The van der Waals surface area contributed by atoms with Crippen LogP contribution in [0.25, 0.3) is 0 Å². The van der Waals surface area contributed by atoms with Crippen LogP contribution in [0.3, 0.4) is 0 Å². The van der Waals surface area contributed by atoms with E-state index in [1.807, 2.05) is 70.6 Å². The van der Waals surface area contributed by atoms with Gasteiger partial charge in [0.05, 0.1) is 33.9 Å². The molecule has 11 heteroatoms. The number of hydrogen-bond donors (Lipinski definition) is 2. The van der Waals surface area contributed by atoms with E-state index in [1.54, 1.807) is 0 Å². The third kappa shape index (κ3) is 39.7. The molecule has 0 aliphatic carbocycles. The fourth-order valence-corrected chi connectivity index (χ4v) is 6.05. The molecule has 0 spiro atoms. The average Bonchev–Trinajstić information content (AvgIpc) is 3.13. The van der Waals surface area contributed by atoms with Crippen LogP contribution in [0.4, 0.5) is 0 Å². The van der Waals surface area contributed by atoms with E-state index in [2.05, 4.69) is 25.2 Å². The smallest absolute Gasteiger partial charge is 0.462 e. The molecule has 2 unspecified atom stereocenters. The van der Waals surface area contributed by atoms with E-state index in [1.165, 1.54) is 64.2 Å². The molecular weight excluding hydrogens is 717 g/mol. The Bertz CT molecular complexity index is 1140. The van der Waals surface area contributed by atoms with Crippen molar-refractivity contribution >= 4 is 19.8 Å². The van der Waals surface area contributed by atoms with E-state index in [0.29, 0.717) is 30.3 Å². The third-order valence-corrected chi connectivity index (χ3v) is 9.62. The van der Waals surface area contributed by atoms with E-state index >= 15 is 0 Å². The molecule has 0 saturated carbocycles. The largest absolute Gasteiger partial charge is 0.472 e. The summed E-state index contributed by atoms with van der Waals surface area (Å²) in [7, 11) is 1.41. The van der Waals surface area contributed by atoms with Crippen molar-refractivity contribution < 1.29 is 47.2 Å². The maximum atomic E-state index is 12.6. The Labute approximate surface area is 335 Å². The molecule has 0 heterocycles. The summed E-state index contributed by atoms with van der Waals surface area (Å²) >= 11 is 0. The number of aliphatic hydroxyl groups excluding tert-OH is 1. The van der Waals surface area contributed by atoms with E-state index in [9.17, 15) is 24.2 Å². The van der Waals surface area contributed by atoms with Crippen LogP contribution in [-0.2, 0) is 32.7 Å². The van der Waals surface area contributed by atoms with Crippen LogP contribution in [0.5, 0.6) is 0 Å². The quantitative estimate of drug-likeness (QED) is 0.0158. The molecule has 3 atom stereocenters. The highest BCUT2D eigenvalue weighted by Gasteiger charge is 2.27. The number of unbranched alkanes of at least 4 members (excludes halogenated alkanes) is 13. The second-order valence-corrected chi connectivity index (χ2v) is 16.7. The van der Waals surface area contributed by atoms with Gasteiger partial charge in [0.15, 0.2) is 6.10 Å². The molecule has 0 bridgehead atoms. The molecule has 0 aliphatic rings. The van der Waals surface area contributed by atoms with Gasteiger partial charge >= 0.3 is 19.8 Å². The molecule has 0 aromatic rings. The first-order chi connectivity index (χ1) is 26.4. The summed E-state index contributed by atoms with van der Waals surface area (Å²) < 4.78 is 34.1. The number of nitrogens with zero attached hydrogens (tertiary/aromatic N) is 1. The zero-order valence-electron chi connectivity index (χ0n) is 35.3. The standard InChI is InChI=1S/C44H78NO9P/c1-6-8-10-11-12-13-14-15-19-22-25-28-31-35-43(47)51-39-42(40-53-55(49,50)52-38-37-45(3,4)5)54-44(48)36-32-29-26-23-20-17-16-18-21-24-27-30-34-41(46)33-9-7-2/h9,16-17,21,23-24,26-27,30,33,41-42,46H,6-8,10-15,18-20,22,25,28-29,31-32,34-40H2,1-5H3/p+1/b17-16-,24-21-,26-23-,30-27+,33-9-/t41?,42-/m1/s1. The van der Waals surface area contributed by atoms with Gasteiger partial charge in [-0.3, -0.25) is 18.6 Å². The van der Waals surface area contributed by atoms with Crippen LogP contribution < -0.4 is 0 Å². The maximum absolute atomic E-state index is 12.6. The van der Waals surface area contributed by atoms with Crippen molar-refractivity contribution in [3.8, 4) is 0 Å². The molecule has 10 nitrogen and oxygen atoms in total. The van der Waals surface area contributed by atoms with Gasteiger partial charge in [0.25, 0.3) is 0 Å². The number of likely N-dealkylation sites (N-methyl/N-ethyl adjacent to an activating group) is 1. The molecule has 55 heavy (non-hydrogen) atoms. The summed E-state index contributed by atoms with van der Waals surface area (Å²) in [6, 6.07) is 0. The van der Waals surface area contributed by atoms with E-state index in [0.717, 1.165) is 38.5 Å². The second-order valence-electron chi connectivity index (χ2n) is 15.2. The van der Waals surface area contributed by atoms with Crippen LogP contribution in [0.2, 0.25) is 0 Å². The lowest BCUT2D eigenvalue weighted by Gasteiger charge is -2.24. The predicted molar refractivity (Wildman–Crippen MR) is 225 cm³/mol. The molecule has 0 fully saturated rings. The first kappa shape index (κ1) is 52.7. The molecule has 0 aromatic heterocycles. The molecule has 318 valence electrons. The number of rotatable bonds is 37. The van der Waals surface area contributed by atoms with Crippen LogP contribution in [0.1, 0.15) is 149 Å². The monoisotopic (exact) mass is 797 g/mol. The number of carbonyl (C=O) groups excluding carboxylic acids is 2. The van der Waals surface area contributed by atoms with Gasteiger partial charge in [0.2, 0.25) is 0 Å². The number of esters is 2. The minimum absolute atomic E-state index is 0.0118. The van der Waals surface area contributed by atoms with Gasteiger partial charge in [-0.25, -0.2) is 4.57 Å². The number of phosphoric ester groups is 1. The molecule has 0 amide bonds. The number of aliphatic hydroxyl groups is 1. The van der Waals surface area contributed by atoms with Crippen LogP contribution in [0, 0.1) is 0 Å². The van der Waals surface area contributed by atoms with E-state index in [-0.39, 0.29) is 26.1 Å². The zero-order valence-corrected chi connectivity index (χ0v) is 36.1. The normalized spacial score (nSPS) is 14.8. The van der Waals surface area contributed by atoms with Gasteiger partial charge < -0.3 is 24.0 Å². The van der Waals surface area contributed by atoms with Crippen molar-refractivity contribution in [2.45, 2.75) is 161 Å². The summed E-state index contributed by atoms with van der Waals surface area (Å²) in [5.74, 6) is -0.893. The van der Waals surface area contributed by atoms with Crippen molar-refractivity contribution in [1.29, 1.82) is 0 Å². The highest BCUT2D eigenvalue weighted by Crippen LogP contribution is 2.43. The summed E-state index contributed by atoms with van der Waals surface area (Å²) in [6.07, 6.45) is 39.0. The Kier molecular flexibility index (Phi) is 34.5. The third-order valence-electron chi connectivity index (χ3n) is 8.64. The lowest BCUT2D eigenvalue weighted by molar-refractivity contribution is -0.870. The predicted octanol–water partition coefficient (Wildman–Crippen LogP) is 10.7. The molecular formula is C44H79NO9P+. The molecule has 2 N–H and O–H groups in total. The first-order valence-electron chi connectivity index (χ1n) is 21.1. The Balaban J connectivity index is 4.53. The van der Waals surface area contributed by atoms with Gasteiger partial charge in [-0.2, -0.15) is 0 Å². The van der Waals surface area contributed by atoms with Crippen LogP contribution >= 0.6 is 7.82 Å². The fraction of sp³-hybridized carbons (Fsp3) is 0.727. The van der Waals surface area contributed by atoms with Gasteiger partial charge in [-0.15, -0.1) is 0 Å². The lowest BCUT2D eigenvalue weighted by atomic mass is 10.0. The van der Waals surface area contributed by atoms with Gasteiger partial charge in [-0.1, -0.05) is 152 Å². The summed E-state index contributed by atoms with van der Waals surface area (Å²) in [5, 5.41) is 9.77. The number of hydrogen-bond acceptors (Lipinski definition) is 8. The number of allylic oxidation sites excluding steroid dienone is 8. The number of carbonyl (C=O) groups is 2. The molecule has 0 radical (unpaired) electrons. The number of quaternary nitrogens is 1. The number of ether oxygens (including phenoxy) is 2. The first-order valence-corrected chi connectivity index (χ1v) is 22.6. The molecule has 0 rings (SSSR count). The van der Waals surface area contributed by atoms with Crippen molar-refractivity contribution in [3.05, 3.63) is 60.8 Å². The lowest BCUT2D eigenvalue weighted by Crippen LogP contribution is -2.37. The minimum Gasteiger partial charge on any atom is -0.462 e. The molecule has 0 aliphatic heterocycles. The molecule has 0 aromatic carbocycles. The van der Waals surface area contributed by atoms with Crippen molar-refractivity contribution in [2.24, 2.45) is 0 Å². The molecule has 0 saturated heterocycles. The van der Waals surface area contributed by atoms with E-state index in [4.69, 9.17) is 18.5 Å². The zero-order chi connectivity index (χ0) is 40.9. The SMILES string of the molecule is CC/C=C\C(O)C/C=C/C=C\C/C=C\C/C=C\CCCC(=O)O[C@H](COC(=O)CCCCCCCCCCCCCCC)COP(=O)(O)OCC[N+](C)(C)C. The Morgan fingerprint density at radius 2 is 1.24 bits per heavy atom. The highest BCUT2D eigenvalue weighted by molar-refractivity contribution is 7.47. The van der Waals surface area contributed by atoms with E-state index < -0.39 is 38.6 Å². The second kappa shape index (κ2) is 36.0. The summed E-state index contributed by atoms with van der Waals surface area (Å²) in [6.45, 7) is 4.09. The topological polar surface area (TPSA) is 129 Å². The number of phosphoric acid groups is 1. The van der Waals surface area contributed by atoms with Crippen LogP contribution in [-0.4, -0.2) is 86.1 Å². The average molecular weight is 797 g/mol. The summed E-state index contributed by atoms with van der Waals surface area (Å²) in [4.78, 5) is 35.3. The van der Waals surface area contributed by atoms with Crippen molar-refractivity contribution in [1.82, 2.24) is 0 Å².